The van der Waals surface area contributed by atoms with Gasteiger partial charge in [-0.2, -0.15) is 0 Å². The van der Waals surface area contributed by atoms with E-state index in [-0.39, 0.29) is 12.0 Å². The standard InChI is InChI=1S/C5H8N2O2.C3H8O/c1-5(2)3(8)6-4(9)7-5;1-3(2)4/h1-2H3,(H2,6,7,8,9);3-4H,1-2H3. The number of aliphatic hydroxyl groups is 1. The Kier molecular flexibility index (Phi) is 3.87. The Morgan fingerprint density at radius 3 is 1.77 bits per heavy atom. The summed E-state index contributed by atoms with van der Waals surface area (Å²) in [5, 5.41) is 12.6. The molecular weight excluding hydrogens is 172 g/mol. The Balaban J connectivity index is 0.000000310. The maximum atomic E-state index is 10.7. The average Bonchev–Trinajstić information content (AvgIpc) is 2.02. The summed E-state index contributed by atoms with van der Waals surface area (Å²) in [5.41, 5.74) is -0.725. The molecule has 0 aromatic carbocycles. The van der Waals surface area contributed by atoms with E-state index in [1.807, 2.05) is 0 Å². The summed E-state index contributed by atoms with van der Waals surface area (Å²) < 4.78 is 0. The second-order valence-corrected chi connectivity index (χ2v) is 3.63. The summed E-state index contributed by atoms with van der Waals surface area (Å²) in [6, 6.07) is -0.412. The van der Waals surface area contributed by atoms with Crippen molar-refractivity contribution in [2.24, 2.45) is 0 Å². The lowest BCUT2D eigenvalue weighted by Gasteiger charge is -2.11. The molecule has 0 atom stereocenters. The molecule has 0 saturated carbocycles. The van der Waals surface area contributed by atoms with Crippen LogP contribution in [0.1, 0.15) is 27.7 Å². The van der Waals surface area contributed by atoms with Gasteiger partial charge in [0.25, 0.3) is 5.91 Å². The molecule has 1 saturated heterocycles. The van der Waals surface area contributed by atoms with Crippen molar-refractivity contribution in [3.8, 4) is 0 Å². The first-order valence-electron chi connectivity index (χ1n) is 4.07. The van der Waals surface area contributed by atoms with E-state index in [0.29, 0.717) is 0 Å². The van der Waals surface area contributed by atoms with Gasteiger partial charge in [-0.05, 0) is 27.7 Å². The van der Waals surface area contributed by atoms with Crippen molar-refractivity contribution < 1.29 is 14.7 Å². The quantitative estimate of drug-likeness (QED) is 0.468. The molecule has 76 valence electrons. The molecule has 0 unspecified atom stereocenters. The minimum absolute atomic E-state index is 0.167. The number of urea groups is 1. The molecule has 0 aliphatic carbocycles. The van der Waals surface area contributed by atoms with Gasteiger partial charge in [-0.3, -0.25) is 10.1 Å². The fourth-order valence-electron chi connectivity index (χ4n) is 0.631. The predicted molar refractivity (Wildman–Crippen MR) is 48.1 cm³/mol. The smallest absolute Gasteiger partial charge is 0.322 e. The zero-order valence-electron chi connectivity index (χ0n) is 8.34. The van der Waals surface area contributed by atoms with E-state index in [4.69, 9.17) is 5.11 Å². The lowest BCUT2D eigenvalue weighted by atomic mass is 10.1. The van der Waals surface area contributed by atoms with Crippen molar-refractivity contribution in [3.05, 3.63) is 0 Å². The molecule has 1 aliphatic rings. The molecule has 5 heteroatoms. The van der Waals surface area contributed by atoms with Crippen LogP contribution in [-0.4, -0.2) is 28.7 Å². The van der Waals surface area contributed by atoms with Crippen molar-refractivity contribution in [2.45, 2.75) is 39.3 Å². The third kappa shape index (κ3) is 4.47. The van der Waals surface area contributed by atoms with Crippen LogP contribution in [0.3, 0.4) is 0 Å². The van der Waals surface area contributed by atoms with Crippen LogP contribution in [0.5, 0.6) is 0 Å². The van der Waals surface area contributed by atoms with Gasteiger partial charge in [0.1, 0.15) is 5.54 Å². The highest BCUT2D eigenvalue weighted by molar-refractivity contribution is 6.06. The van der Waals surface area contributed by atoms with Crippen LogP contribution in [-0.2, 0) is 4.79 Å². The lowest BCUT2D eigenvalue weighted by Crippen LogP contribution is -2.39. The van der Waals surface area contributed by atoms with Gasteiger partial charge in [0.2, 0.25) is 0 Å². The van der Waals surface area contributed by atoms with Crippen LogP contribution in [0, 0.1) is 0 Å². The minimum Gasteiger partial charge on any atom is -0.394 e. The minimum atomic E-state index is -0.725. The number of rotatable bonds is 0. The highest BCUT2D eigenvalue weighted by atomic mass is 16.3. The Morgan fingerprint density at radius 1 is 1.31 bits per heavy atom. The lowest BCUT2D eigenvalue weighted by molar-refractivity contribution is -0.122. The monoisotopic (exact) mass is 188 g/mol. The zero-order valence-corrected chi connectivity index (χ0v) is 8.34. The number of hydrogen-bond donors (Lipinski definition) is 3. The molecule has 0 spiro atoms. The topological polar surface area (TPSA) is 78.4 Å². The van der Waals surface area contributed by atoms with Crippen LogP contribution in [0.15, 0.2) is 0 Å². The molecular formula is C8H16N2O3. The molecule has 1 aliphatic heterocycles. The van der Waals surface area contributed by atoms with Crippen LogP contribution in [0.4, 0.5) is 4.79 Å². The van der Waals surface area contributed by atoms with E-state index in [1.165, 1.54) is 0 Å². The Morgan fingerprint density at radius 2 is 1.69 bits per heavy atom. The number of imide groups is 1. The third-order valence-corrected chi connectivity index (χ3v) is 1.22. The maximum absolute atomic E-state index is 10.7. The van der Waals surface area contributed by atoms with E-state index in [9.17, 15) is 9.59 Å². The highest BCUT2D eigenvalue weighted by Crippen LogP contribution is 2.05. The van der Waals surface area contributed by atoms with Gasteiger partial charge in [-0.1, -0.05) is 0 Å². The van der Waals surface area contributed by atoms with Gasteiger partial charge in [-0.25, -0.2) is 4.79 Å². The van der Waals surface area contributed by atoms with Crippen LogP contribution >= 0.6 is 0 Å². The van der Waals surface area contributed by atoms with E-state index in [1.54, 1.807) is 27.7 Å². The summed E-state index contributed by atoms with van der Waals surface area (Å²) in [5.74, 6) is -0.271. The van der Waals surface area contributed by atoms with Gasteiger partial charge in [-0.15, -0.1) is 0 Å². The molecule has 0 radical (unpaired) electrons. The number of aliphatic hydroxyl groups excluding tert-OH is 1. The number of amides is 3. The SMILES string of the molecule is CC(C)O.CC1(C)NC(=O)NC1=O. The Labute approximate surface area is 77.5 Å². The summed E-state index contributed by atoms with van der Waals surface area (Å²) in [6.07, 6.45) is -0.167. The number of carbonyl (C=O) groups is 2. The van der Waals surface area contributed by atoms with Crippen molar-refractivity contribution in [1.82, 2.24) is 10.6 Å². The average molecular weight is 188 g/mol. The molecule has 1 fully saturated rings. The maximum Gasteiger partial charge on any atom is 0.322 e. The zero-order chi connectivity index (χ0) is 10.6. The molecule has 3 amide bonds. The van der Waals surface area contributed by atoms with Crippen molar-refractivity contribution in [2.75, 3.05) is 0 Å². The normalized spacial score (nSPS) is 18.9. The second-order valence-electron chi connectivity index (χ2n) is 3.63. The van der Waals surface area contributed by atoms with E-state index in [2.05, 4.69) is 10.6 Å². The Hall–Kier alpha value is -1.10. The molecule has 0 aromatic rings. The Bertz CT molecular complexity index is 209. The molecule has 13 heavy (non-hydrogen) atoms. The second kappa shape index (κ2) is 4.23. The van der Waals surface area contributed by atoms with Gasteiger partial charge >= 0.3 is 6.03 Å². The van der Waals surface area contributed by atoms with E-state index >= 15 is 0 Å². The summed E-state index contributed by atoms with van der Waals surface area (Å²) in [7, 11) is 0. The predicted octanol–water partition coefficient (Wildman–Crippen LogP) is -0.00850. The van der Waals surface area contributed by atoms with Crippen molar-refractivity contribution in [1.29, 1.82) is 0 Å². The third-order valence-electron chi connectivity index (χ3n) is 1.22. The summed E-state index contributed by atoms with van der Waals surface area (Å²) >= 11 is 0. The van der Waals surface area contributed by atoms with Crippen LogP contribution < -0.4 is 10.6 Å². The van der Waals surface area contributed by atoms with Crippen LogP contribution in [0.25, 0.3) is 0 Å². The van der Waals surface area contributed by atoms with Gasteiger partial charge < -0.3 is 10.4 Å². The van der Waals surface area contributed by atoms with E-state index < -0.39 is 11.6 Å². The van der Waals surface area contributed by atoms with Gasteiger partial charge in [0.05, 0.1) is 0 Å². The molecule has 3 N–H and O–H groups in total. The number of nitrogens with one attached hydrogen (secondary N) is 2. The van der Waals surface area contributed by atoms with Gasteiger partial charge in [0.15, 0.2) is 0 Å². The molecule has 1 heterocycles. The first-order valence-corrected chi connectivity index (χ1v) is 4.07. The largest absolute Gasteiger partial charge is 0.394 e. The molecule has 0 aromatic heterocycles. The first kappa shape index (κ1) is 11.9. The fourth-order valence-corrected chi connectivity index (χ4v) is 0.631. The summed E-state index contributed by atoms with van der Waals surface area (Å²) in [6.45, 7) is 6.74. The number of carbonyl (C=O) groups excluding carboxylic acids is 2. The summed E-state index contributed by atoms with van der Waals surface area (Å²) in [4.78, 5) is 21.1. The van der Waals surface area contributed by atoms with Gasteiger partial charge in [0, 0.05) is 6.10 Å². The van der Waals surface area contributed by atoms with Crippen molar-refractivity contribution >= 4 is 11.9 Å². The van der Waals surface area contributed by atoms with E-state index in [0.717, 1.165) is 0 Å². The first-order chi connectivity index (χ1) is 5.75. The highest BCUT2D eigenvalue weighted by Gasteiger charge is 2.36. The van der Waals surface area contributed by atoms with Crippen molar-refractivity contribution in [3.63, 3.8) is 0 Å². The molecule has 0 bridgehead atoms. The van der Waals surface area contributed by atoms with Crippen LogP contribution in [0.2, 0.25) is 0 Å². The number of hydrogen-bond acceptors (Lipinski definition) is 3. The molecule has 5 nitrogen and oxygen atoms in total. The molecule has 1 rings (SSSR count). The fraction of sp³-hybridized carbons (Fsp3) is 0.750.